The van der Waals surface area contributed by atoms with E-state index in [4.69, 9.17) is 0 Å². The first-order chi connectivity index (χ1) is 13.9. The number of halogens is 10. The number of benzene rings is 1. The van der Waals surface area contributed by atoms with Gasteiger partial charge in [-0.15, -0.1) is 0 Å². The van der Waals surface area contributed by atoms with E-state index in [0.29, 0.717) is 7.05 Å². The first-order valence-corrected chi connectivity index (χ1v) is 7.90. The number of carbonyl (C=O) groups is 2. The Labute approximate surface area is 167 Å². The molecule has 1 aromatic rings. The van der Waals surface area contributed by atoms with Gasteiger partial charge in [0.25, 0.3) is 0 Å². The minimum Gasteiger partial charge on any atom is -0.493 e. The van der Waals surface area contributed by atoms with Gasteiger partial charge in [-0.25, -0.2) is 4.79 Å². The predicted octanol–water partition coefficient (Wildman–Crippen LogP) is 4.00. The fourth-order valence-corrected chi connectivity index (χ4v) is 1.99. The van der Waals surface area contributed by atoms with Gasteiger partial charge in [0.2, 0.25) is 0 Å². The van der Waals surface area contributed by atoms with Gasteiger partial charge in [-0.1, -0.05) is 6.07 Å². The summed E-state index contributed by atoms with van der Waals surface area (Å²) >= 11 is 0. The summed E-state index contributed by atoms with van der Waals surface area (Å²) in [5, 5.41) is 0. The highest BCUT2D eigenvalue weighted by Gasteiger charge is 2.65. The number of ether oxygens (including phenoxy) is 2. The van der Waals surface area contributed by atoms with Gasteiger partial charge in [0.15, 0.2) is 11.5 Å². The number of alkyl halides is 10. The van der Waals surface area contributed by atoms with Crippen LogP contribution in [0.5, 0.6) is 11.5 Å². The summed E-state index contributed by atoms with van der Waals surface area (Å²) in [6.45, 7) is -0.654. The summed E-state index contributed by atoms with van der Waals surface area (Å²) in [4.78, 5) is 22.6. The number of hydrogen-bond acceptors (Lipinski definition) is 4. The molecule has 5 nitrogen and oxygen atoms in total. The molecule has 0 spiro atoms. The zero-order valence-electron chi connectivity index (χ0n) is 15.5. The molecular weight excluding hydrogens is 460 g/mol. The van der Waals surface area contributed by atoms with Gasteiger partial charge in [0, 0.05) is 13.6 Å². The topological polar surface area (TPSA) is 55.8 Å². The van der Waals surface area contributed by atoms with Crippen LogP contribution >= 0.6 is 0 Å². The smallest absolute Gasteiger partial charge is 0.465 e. The fourth-order valence-electron chi connectivity index (χ4n) is 1.99. The van der Waals surface area contributed by atoms with Crippen LogP contribution in [0.4, 0.5) is 43.9 Å². The first-order valence-electron chi connectivity index (χ1n) is 7.90. The summed E-state index contributed by atoms with van der Waals surface area (Å²) in [5.41, 5.74) is 0.0780. The van der Waals surface area contributed by atoms with Gasteiger partial charge in [0.1, 0.15) is 0 Å². The molecule has 0 saturated heterocycles. The normalized spacial score (nSPS) is 13.0. The average Bonchev–Trinajstić information content (AvgIpc) is 2.64. The molecule has 0 aliphatic heterocycles. The van der Waals surface area contributed by atoms with E-state index in [9.17, 15) is 53.5 Å². The third kappa shape index (κ3) is 5.70. The van der Waals surface area contributed by atoms with Crippen molar-refractivity contribution in [2.45, 2.75) is 30.6 Å². The lowest BCUT2D eigenvalue weighted by molar-refractivity contribution is -0.276. The Morgan fingerprint density at radius 1 is 0.871 bits per heavy atom. The maximum Gasteiger partial charge on any atom is 0.465 e. The summed E-state index contributed by atoms with van der Waals surface area (Å²) < 4.78 is 134. The molecule has 1 rings (SSSR count). The number of likely N-dealkylation sites (N-methyl/N-ethyl adjacent to an activating group) is 1. The molecule has 0 aliphatic carbocycles. The van der Waals surface area contributed by atoms with E-state index in [-0.39, 0.29) is 16.9 Å². The highest BCUT2D eigenvalue weighted by Crippen LogP contribution is 2.39. The molecule has 176 valence electrons. The predicted molar refractivity (Wildman–Crippen MR) is 82.0 cm³/mol. The van der Waals surface area contributed by atoms with Crippen molar-refractivity contribution in [2.24, 2.45) is 0 Å². The molecule has 31 heavy (non-hydrogen) atoms. The standard InChI is InChI=1S/C16H13F10NO4/c1-27(11(28)13(17,18)15(21,22)23)6-5-8-3-4-9(10(7-8)30-2)31-12(29)14(19,20)16(24,25)26/h3-4,7H,5-6H2,1-2H3. The molecule has 1 aromatic carbocycles. The Morgan fingerprint density at radius 3 is 1.84 bits per heavy atom. The highest BCUT2D eigenvalue weighted by molar-refractivity contribution is 5.84. The van der Waals surface area contributed by atoms with E-state index in [0.717, 1.165) is 25.3 Å². The van der Waals surface area contributed by atoms with Crippen LogP contribution in [-0.4, -0.2) is 61.7 Å². The van der Waals surface area contributed by atoms with Gasteiger partial charge in [-0.05, 0) is 24.1 Å². The lowest BCUT2D eigenvalue weighted by atomic mass is 10.1. The van der Waals surface area contributed by atoms with Gasteiger partial charge in [-0.2, -0.15) is 43.9 Å². The lowest BCUT2D eigenvalue weighted by Gasteiger charge is -2.25. The highest BCUT2D eigenvalue weighted by atomic mass is 19.4. The Balaban J connectivity index is 2.93. The van der Waals surface area contributed by atoms with Gasteiger partial charge in [-0.3, -0.25) is 4.79 Å². The molecule has 0 unspecified atom stereocenters. The summed E-state index contributed by atoms with van der Waals surface area (Å²) in [6.07, 6.45) is -12.7. The van der Waals surface area contributed by atoms with Crippen molar-refractivity contribution in [1.82, 2.24) is 4.90 Å². The van der Waals surface area contributed by atoms with Crippen molar-refractivity contribution < 1.29 is 63.0 Å². The van der Waals surface area contributed by atoms with Crippen LogP contribution in [0.15, 0.2) is 18.2 Å². The van der Waals surface area contributed by atoms with E-state index in [1.165, 1.54) is 0 Å². The molecule has 15 heteroatoms. The third-order valence-electron chi connectivity index (χ3n) is 3.75. The molecule has 0 fully saturated rings. The van der Waals surface area contributed by atoms with Crippen LogP contribution in [0.25, 0.3) is 0 Å². The van der Waals surface area contributed by atoms with Crippen LogP contribution < -0.4 is 9.47 Å². The van der Waals surface area contributed by atoms with Crippen molar-refractivity contribution in [1.29, 1.82) is 0 Å². The zero-order valence-corrected chi connectivity index (χ0v) is 15.5. The molecule has 0 aliphatic rings. The van der Waals surface area contributed by atoms with E-state index < -0.39 is 54.1 Å². The molecule has 0 radical (unpaired) electrons. The Kier molecular flexibility index (Phi) is 7.45. The number of methoxy groups -OCH3 is 1. The summed E-state index contributed by atoms with van der Waals surface area (Å²) in [5.74, 6) is -18.3. The van der Waals surface area contributed by atoms with Crippen molar-refractivity contribution in [2.75, 3.05) is 20.7 Å². The number of esters is 1. The second-order valence-electron chi connectivity index (χ2n) is 6.00. The fraction of sp³-hybridized carbons (Fsp3) is 0.500. The Morgan fingerprint density at radius 2 is 1.39 bits per heavy atom. The van der Waals surface area contributed by atoms with Gasteiger partial charge >= 0.3 is 36.1 Å². The monoisotopic (exact) mass is 473 g/mol. The van der Waals surface area contributed by atoms with E-state index in [1.54, 1.807) is 0 Å². The van der Waals surface area contributed by atoms with Crippen LogP contribution in [0.2, 0.25) is 0 Å². The van der Waals surface area contributed by atoms with Crippen LogP contribution in [0.3, 0.4) is 0 Å². The number of rotatable bonds is 7. The summed E-state index contributed by atoms with van der Waals surface area (Å²) in [6, 6.07) is 2.66. The largest absolute Gasteiger partial charge is 0.493 e. The van der Waals surface area contributed by atoms with Gasteiger partial charge < -0.3 is 14.4 Å². The maximum absolute atomic E-state index is 13.0. The SMILES string of the molecule is COc1cc(CCN(C)C(=O)C(F)(F)C(F)(F)F)ccc1OC(=O)C(F)(F)C(F)(F)F. The number of carbonyl (C=O) groups excluding carboxylic acids is 2. The maximum atomic E-state index is 13.0. The van der Waals surface area contributed by atoms with Crippen molar-refractivity contribution in [3.05, 3.63) is 23.8 Å². The molecule has 0 bridgehead atoms. The van der Waals surface area contributed by atoms with Crippen LogP contribution in [0.1, 0.15) is 5.56 Å². The van der Waals surface area contributed by atoms with E-state index in [2.05, 4.69) is 9.47 Å². The summed E-state index contributed by atoms with van der Waals surface area (Å²) in [7, 11) is 1.60. The zero-order chi connectivity index (χ0) is 24.4. The van der Waals surface area contributed by atoms with Crippen molar-refractivity contribution >= 4 is 11.9 Å². The third-order valence-corrected chi connectivity index (χ3v) is 3.75. The number of amides is 1. The molecule has 0 saturated carbocycles. The first kappa shape index (κ1) is 26.3. The lowest BCUT2D eigenvalue weighted by Crippen LogP contribution is -2.51. The minimum atomic E-state index is -6.22. The van der Waals surface area contributed by atoms with Crippen molar-refractivity contribution in [3.8, 4) is 11.5 Å². The minimum absolute atomic E-state index is 0.0780. The Bertz CT molecular complexity index is 820. The van der Waals surface area contributed by atoms with Crippen molar-refractivity contribution in [3.63, 3.8) is 0 Å². The molecule has 0 atom stereocenters. The number of nitrogens with zero attached hydrogens (tertiary/aromatic N) is 1. The van der Waals surface area contributed by atoms with Crippen LogP contribution in [0, 0.1) is 0 Å². The van der Waals surface area contributed by atoms with E-state index in [1.807, 2.05) is 0 Å². The second-order valence-corrected chi connectivity index (χ2v) is 6.00. The quantitative estimate of drug-likeness (QED) is 0.342. The molecule has 1 amide bonds. The van der Waals surface area contributed by atoms with Crippen LogP contribution in [-0.2, 0) is 16.0 Å². The Hall–Kier alpha value is -2.74. The average molecular weight is 473 g/mol. The van der Waals surface area contributed by atoms with Gasteiger partial charge in [0.05, 0.1) is 7.11 Å². The second kappa shape index (κ2) is 8.78. The molecule has 0 heterocycles. The molecule has 0 aromatic heterocycles. The number of hydrogen-bond donors (Lipinski definition) is 0. The molecule has 0 N–H and O–H groups in total. The van der Waals surface area contributed by atoms with E-state index >= 15 is 0 Å². The molecular formula is C16H13F10NO4.